The molecule has 214 valence electrons. The number of hydrogen-bond acceptors (Lipinski definition) is 4. The van der Waals surface area contributed by atoms with Crippen molar-refractivity contribution in [2.45, 2.75) is 0 Å². The molecule has 4 nitrogen and oxygen atoms in total. The normalized spacial score (nSPS) is 10.5. The summed E-state index contributed by atoms with van der Waals surface area (Å²) in [6.07, 6.45) is 0. The lowest BCUT2D eigenvalue weighted by molar-refractivity contribution is 0.200. The first-order valence-electron chi connectivity index (χ1n) is 14.5. The van der Waals surface area contributed by atoms with E-state index in [4.69, 9.17) is 9.47 Å². The minimum atomic E-state index is -0.113. The molecular weight excluding hydrogens is 544 g/mol. The lowest BCUT2D eigenvalue weighted by Crippen LogP contribution is -2.05. The maximum Gasteiger partial charge on any atom is 0.128 e. The van der Waals surface area contributed by atoms with E-state index < -0.39 is 0 Å². The van der Waals surface area contributed by atoms with Crippen LogP contribution in [0.5, 0.6) is 11.5 Å². The van der Waals surface area contributed by atoms with Gasteiger partial charge >= 0.3 is 0 Å². The molecule has 2 N–H and O–H groups in total. The Morgan fingerprint density at radius 2 is 0.841 bits per heavy atom. The number of ether oxygens (including phenoxy) is 2. The zero-order valence-electron chi connectivity index (χ0n) is 24.1. The number of aliphatic hydroxyl groups excluding tert-OH is 2. The van der Waals surface area contributed by atoms with E-state index >= 15 is 0 Å². The van der Waals surface area contributed by atoms with Crippen LogP contribution in [0.2, 0.25) is 0 Å². The smallest absolute Gasteiger partial charge is 0.128 e. The van der Waals surface area contributed by atoms with E-state index in [-0.39, 0.29) is 26.4 Å². The highest BCUT2D eigenvalue weighted by Crippen LogP contribution is 2.45. The Bertz CT molecular complexity index is 1890. The van der Waals surface area contributed by atoms with Gasteiger partial charge in [0.15, 0.2) is 0 Å². The summed E-state index contributed by atoms with van der Waals surface area (Å²) in [6, 6.07) is 40.0. The predicted molar refractivity (Wildman–Crippen MR) is 177 cm³/mol. The molecule has 0 spiro atoms. The summed E-state index contributed by atoms with van der Waals surface area (Å²) >= 11 is 0. The molecule has 0 aliphatic heterocycles. The molecule has 0 atom stereocenters. The minimum absolute atomic E-state index is 0.113. The van der Waals surface area contributed by atoms with Gasteiger partial charge in [0, 0.05) is 33.4 Å². The Morgan fingerprint density at radius 3 is 1.25 bits per heavy atom. The van der Waals surface area contributed by atoms with E-state index in [1.54, 1.807) is 0 Å². The molecule has 0 radical (unpaired) electrons. The zero-order chi connectivity index (χ0) is 30.1. The van der Waals surface area contributed by atoms with Gasteiger partial charge in [-0.2, -0.15) is 0 Å². The molecule has 0 saturated carbocycles. The summed E-state index contributed by atoms with van der Waals surface area (Å²) < 4.78 is 12.2. The highest BCUT2D eigenvalue weighted by molar-refractivity contribution is 6.10. The molecule has 0 amide bonds. The maximum atomic E-state index is 9.59. The summed E-state index contributed by atoms with van der Waals surface area (Å²) in [5, 5.41) is 23.1. The molecule has 6 aromatic rings. The van der Waals surface area contributed by atoms with Gasteiger partial charge in [-0.05, 0) is 82.2 Å². The number of fused-ring (bicyclic) bond motifs is 2. The Hall–Kier alpha value is -5.52. The highest BCUT2D eigenvalue weighted by atomic mass is 16.5. The van der Waals surface area contributed by atoms with Gasteiger partial charge in [-0.15, -0.1) is 0 Å². The third-order valence-corrected chi connectivity index (χ3v) is 7.16. The van der Waals surface area contributed by atoms with Gasteiger partial charge in [0.2, 0.25) is 0 Å². The average Bonchev–Trinajstić information content (AvgIpc) is 3.08. The first-order valence-corrected chi connectivity index (χ1v) is 14.5. The van der Waals surface area contributed by atoms with Crippen LogP contribution in [0.3, 0.4) is 0 Å². The van der Waals surface area contributed by atoms with Crippen LogP contribution in [0.25, 0.3) is 32.7 Å². The second-order valence-electron chi connectivity index (χ2n) is 10.1. The third-order valence-electron chi connectivity index (χ3n) is 7.16. The number of rotatable bonds is 7. The summed E-state index contributed by atoms with van der Waals surface area (Å²) in [7, 11) is 0. The Labute approximate surface area is 257 Å². The molecule has 0 unspecified atom stereocenters. The number of benzene rings is 6. The van der Waals surface area contributed by atoms with Crippen molar-refractivity contribution in [3.63, 3.8) is 0 Å². The van der Waals surface area contributed by atoms with Crippen LogP contribution in [0.15, 0.2) is 121 Å². The van der Waals surface area contributed by atoms with Gasteiger partial charge < -0.3 is 19.7 Å². The van der Waals surface area contributed by atoms with E-state index in [0.29, 0.717) is 11.5 Å². The molecular formula is C40H30O4. The van der Waals surface area contributed by atoms with Gasteiger partial charge in [-0.1, -0.05) is 84.3 Å². The van der Waals surface area contributed by atoms with E-state index in [0.717, 1.165) is 54.9 Å². The number of aliphatic hydroxyl groups is 2. The highest BCUT2D eigenvalue weighted by Gasteiger charge is 2.19. The Morgan fingerprint density at radius 1 is 0.432 bits per heavy atom. The first-order chi connectivity index (χ1) is 21.7. The topological polar surface area (TPSA) is 58.9 Å². The molecule has 4 heteroatoms. The molecule has 0 aromatic heterocycles. The van der Waals surface area contributed by atoms with Gasteiger partial charge in [0.1, 0.15) is 24.7 Å². The minimum Gasteiger partial charge on any atom is -0.491 e. The lowest BCUT2D eigenvalue weighted by atomic mass is 9.91. The van der Waals surface area contributed by atoms with Gasteiger partial charge in [-0.25, -0.2) is 0 Å². The molecule has 0 heterocycles. The summed E-state index contributed by atoms with van der Waals surface area (Å²) in [6.45, 7) is 0.0720. The van der Waals surface area contributed by atoms with E-state index in [9.17, 15) is 10.2 Å². The van der Waals surface area contributed by atoms with Crippen molar-refractivity contribution in [3.05, 3.63) is 144 Å². The Balaban J connectivity index is 1.52. The van der Waals surface area contributed by atoms with Crippen LogP contribution in [0, 0.1) is 23.7 Å². The Kier molecular flexibility index (Phi) is 8.86. The van der Waals surface area contributed by atoms with Gasteiger partial charge in [-0.3, -0.25) is 0 Å². The van der Waals surface area contributed by atoms with Crippen molar-refractivity contribution in [3.8, 4) is 46.3 Å². The quantitative estimate of drug-likeness (QED) is 0.198. The third kappa shape index (κ3) is 6.43. The van der Waals surface area contributed by atoms with Crippen molar-refractivity contribution in [2.75, 3.05) is 26.4 Å². The fourth-order valence-corrected chi connectivity index (χ4v) is 5.17. The van der Waals surface area contributed by atoms with Gasteiger partial charge in [0.25, 0.3) is 0 Å². The van der Waals surface area contributed by atoms with Crippen LogP contribution < -0.4 is 9.47 Å². The van der Waals surface area contributed by atoms with E-state index in [2.05, 4.69) is 47.9 Å². The summed E-state index contributed by atoms with van der Waals surface area (Å²) in [5.41, 5.74) is 5.39. The predicted octanol–water partition coefficient (Wildman–Crippen LogP) is 7.20. The fourth-order valence-electron chi connectivity index (χ4n) is 5.17. The van der Waals surface area contributed by atoms with Crippen LogP contribution in [0.1, 0.15) is 22.3 Å². The monoisotopic (exact) mass is 574 g/mol. The molecule has 0 saturated heterocycles. The maximum absolute atomic E-state index is 9.59. The average molecular weight is 575 g/mol. The van der Waals surface area contributed by atoms with Crippen molar-refractivity contribution in [2.24, 2.45) is 0 Å². The first kappa shape index (κ1) is 28.6. The van der Waals surface area contributed by atoms with Crippen molar-refractivity contribution >= 4 is 21.5 Å². The molecule has 0 bridgehead atoms. The molecule has 0 fully saturated rings. The van der Waals surface area contributed by atoms with Crippen LogP contribution in [-0.4, -0.2) is 36.6 Å². The fraction of sp³-hybridized carbons (Fsp3) is 0.100. The van der Waals surface area contributed by atoms with Crippen molar-refractivity contribution in [1.82, 2.24) is 0 Å². The van der Waals surface area contributed by atoms with E-state index in [1.165, 1.54) is 0 Å². The number of hydrogen-bond donors (Lipinski definition) is 2. The molecule has 6 aromatic carbocycles. The van der Waals surface area contributed by atoms with E-state index in [1.807, 2.05) is 97.1 Å². The zero-order valence-corrected chi connectivity index (χ0v) is 24.1. The second-order valence-corrected chi connectivity index (χ2v) is 10.1. The van der Waals surface area contributed by atoms with Gasteiger partial charge in [0.05, 0.1) is 13.2 Å². The molecule has 6 rings (SSSR count). The van der Waals surface area contributed by atoms with Crippen molar-refractivity contribution < 1.29 is 19.7 Å². The SMILES string of the molecule is OCCOc1ccc2cc(C#Cc3ccccc3)ccc2c1-c1c(OCCO)ccc2cc(C#Cc3ccccc3)ccc12. The largest absolute Gasteiger partial charge is 0.491 e. The summed E-state index contributed by atoms with van der Waals surface area (Å²) in [5.74, 6) is 14.3. The van der Waals surface area contributed by atoms with Crippen LogP contribution in [-0.2, 0) is 0 Å². The van der Waals surface area contributed by atoms with Crippen molar-refractivity contribution in [1.29, 1.82) is 0 Å². The molecule has 0 aliphatic rings. The standard InChI is InChI=1S/C40H30O4/c41-23-25-43-37-21-17-33-27-31(13-11-29-7-3-1-4-8-29)15-19-35(33)39(37)40-36-20-16-32(14-12-30-9-5-2-6-10-30)28-34(36)18-22-38(40)44-26-24-42/h1-10,15-22,27-28,41-42H,23-26H2. The second kappa shape index (κ2) is 13.6. The summed E-state index contributed by atoms with van der Waals surface area (Å²) in [4.78, 5) is 0. The molecule has 0 aliphatic carbocycles. The lowest BCUT2D eigenvalue weighted by Gasteiger charge is -2.19. The molecule has 44 heavy (non-hydrogen) atoms. The van der Waals surface area contributed by atoms with Crippen LogP contribution >= 0.6 is 0 Å². The van der Waals surface area contributed by atoms with Crippen LogP contribution in [0.4, 0.5) is 0 Å².